The van der Waals surface area contributed by atoms with Gasteiger partial charge in [0.05, 0.1) is 35.0 Å². The van der Waals surface area contributed by atoms with E-state index < -0.39 is 0 Å². The molecule has 4 amide bonds. The summed E-state index contributed by atoms with van der Waals surface area (Å²) >= 11 is 0. The molecule has 0 N–H and O–H groups in total. The second-order valence-electron chi connectivity index (χ2n) is 15.4. The van der Waals surface area contributed by atoms with Crippen LogP contribution >= 0.6 is 0 Å². The fraction of sp³-hybridized carbons (Fsp3) is 0.500. The number of allylic oxidation sites excluding steroid dienone is 12. The van der Waals surface area contributed by atoms with Crippen molar-refractivity contribution in [1.82, 2.24) is 0 Å². The van der Waals surface area contributed by atoms with Crippen LogP contribution in [0.1, 0.15) is 119 Å². The molecule has 2 saturated heterocycles. The number of benzene rings is 1. The average molecular weight is 677 g/mol. The topological polar surface area (TPSA) is 74.8 Å². The molecule has 0 radical (unpaired) electrons. The van der Waals surface area contributed by atoms with Gasteiger partial charge in [0.1, 0.15) is 0 Å². The molecule has 0 saturated carbocycles. The van der Waals surface area contributed by atoms with Crippen molar-refractivity contribution in [2.24, 2.45) is 23.7 Å². The largest absolute Gasteiger partial charge is 0.274 e. The van der Waals surface area contributed by atoms with Crippen LogP contribution in [0, 0.1) is 23.7 Å². The molecular formula is C44H56N2O4. The fourth-order valence-corrected chi connectivity index (χ4v) is 7.93. The number of rotatable bonds is 14. The Bertz CT molecular complexity index is 1540. The van der Waals surface area contributed by atoms with Crippen LogP contribution in [-0.4, -0.2) is 23.6 Å². The molecule has 50 heavy (non-hydrogen) atoms. The molecule has 0 aromatic heterocycles. The highest BCUT2D eigenvalue weighted by molar-refractivity contribution is 6.23. The predicted octanol–water partition coefficient (Wildman–Crippen LogP) is 10.3. The highest BCUT2D eigenvalue weighted by Crippen LogP contribution is 2.43. The van der Waals surface area contributed by atoms with Gasteiger partial charge < -0.3 is 0 Å². The molecule has 5 rings (SSSR count). The third kappa shape index (κ3) is 8.80. The van der Waals surface area contributed by atoms with E-state index in [4.69, 9.17) is 0 Å². The van der Waals surface area contributed by atoms with E-state index in [1.165, 1.54) is 43.2 Å². The molecular weight excluding hydrogens is 620 g/mol. The Labute approximate surface area is 299 Å². The lowest BCUT2D eigenvalue weighted by atomic mass is 9.80. The molecule has 4 atom stereocenters. The minimum absolute atomic E-state index is 0.150. The van der Waals surface area contributed by atoms with Crippen LogP contribution in [-0.2, 0) is 19.2 Å². The monoisotopic (exact) mass is 676 g/mol. The normalized spacial score (nSPS) is 23.9. The molecule has 2 fully saturated rings. The number of anilines is 2. The molecule has 6 heteroatoms. The van der Waals surface area contributed by atoms with Gasteiger partial charge in [-0.05, 0) is 143 Å². The van der Waals surface area contributed by atoms with E-state index in [0.29, 0.717) is 37.1 Å². The number of carbonyl (C=O) groups is 4. The van der Waals surface area contributed by atoms with Gasteiger partial charge in [-0.25, -0.2) is 0 Å². The van der Waals surface area contributed by atoms with Crippen molar-refractivity contribution in [2.45, 2.75) is 119 Å². The maximum absolute atomic E-state index is 13.6. The molecule has 2 aliphatic carbocycles. The van der Waals surface area contributed by atoms with Crippen molar-refractivity contribution in [1.29, 1.82) is 0 Å². The first kappa shape index (κ1) is 37.2. The minimum atomic E-state index is -0.335. The number of hydrogen-bond acceptors (Lipinski definition) is 4. The van der Waals surface area contributed by atoms with Gasteiger partial charge in [0.25, 0.3) is 0 Å². The first-order valence-electron chi connectivity index (χ1n) is 18.7. The van der Waals surface area contributed by atoms with Crippen LogP contribution in [0.25, 0.3) is 0 Å². The third-order valence-corrected chi connectivity index (χ3v) is 10.9. The van der Waals surface area contributed by atoms with Gasteiger partial charge in [-0.1, -0.05) is 69.9 Å². The molecule has 2 heterocycles. The van der Waals surface area contributed by atoms with Crippen LogP contribution in [0.5, 0.6) is 0 Å². The summed E-state index contributed by atoms with van der Waals surface area (Å²) in [6, 6.07) is 6.83. The van der Waals surface area contributed by atoms with Crippen molar-refractivity contribution < 1.29 is 19.2 Å². The van der Waals surface area contributed by atoms with Gasteiger partial charge >= 0.3 is 0 Å². The van der Waals surface area contributed by atoms with E-state index in [1.54, 1.807) is 24.3 Å². The number of hydrogen-bond donors (Lipinski definition) is 0. The maximum atomic E-state index is 13.6. The highest BCUT2D eigenvalue weighted by Gasteiger charge is 2.50. The summed E-state index contributed by atoms with van der Waals surface area (Å²) in [5.41, 5.74) is 8.97. The van der Waals surface area contributed by atoms with Gasteiger partial charge in [-0.3, -0.25) is 29.0 Å². The third-order valence-electron chi connectivity index (χ3n) is 10.9. The van der Waals surface area contributed by atoms with Crippen LogP contribution in [0.4, 0.5) is 11.4 Å². The van der Waals surface area contributed by atoms with Crippen LogP contribution in [0.2, 0.25) is 0 Å². The zero-order valence-electron chi connectivity index (χ0n) is 31.1. The molecule has 1 aromatic rings. The van der Waals surface area contributed by atoms with Crippen molar-refractivity contribution in [3.8, 4) is 0 Å². The summed E-state index contributed by atoms with van der Waals surface area (Å²) in [5, 5.41) is 0. The lowest BCUT2D eigenvalue weighted by Crippen LogP contribution is -2.32. The van der Waals surface area contributed by atoms with Gasteiger partial charge in [-0.15, -0.1) is 0 Å². The van der Waals surface area contributed by atoms with E-state index in [9.17, 15) is 19.2 Å². The molecule has 6 nitrogen and oxygen atoms in total. The fourth-order valence-electron chi connectivity index (χ4n) is 7.93. The van der Waals surface area contributed by atoms with Crippen molar-refractivity contribution >= 4 is 35.0 Å². The predicted molar refractivity (Wildman–Crippen MR) is 203 cm³/mol. The summed E-state index contributed by atoms with van der Waals surface area (Å²) in [6.07, 6.45) is 23.8. The lowest BCUT2D eigenvalue weighted by molar-refractivity contribution is -0.124. The molecule has 0 bridgehead atoms. The molecule has 266 valence electrons. The van der Waals surface area contributed by atoms with E-state index in [0.717, 1.165) is 51.4 Å². The Morgan fingerprint density at radius 1 is 0.540 bits per heavy atom. The quantitative estimate of drug-likeness (QED) is 0.145. The van der Waals surface area contributed by atoms with Gasteiger partial charge in [0.15, 0.2) is 0 Å². The second kappa shape index (κ2) is 16.8. The second-order valence-corrected chi connectivity index (χ2v) is 15.4. The number of carbonyl (C=O) groups excluding carboxylic acids is 4. The zero-order chi connectivity index (χ0) is 35.9. The minimum Gasteiger partial charge on any atom is -0.274 e. The van der Waals surface area contributed by atoms with Crippen LogP contribution in [0.15, 0.2) is 94.2 Å². The van der Waals surface area contributed by atoms with E-state index >= 15 is 0 Å². The van der Waals surface area contributed by atoms with Crippen molar-refractivity contribution in [2.75, 3.05) is 9.80 Å². The Morgan fingerprint density at radius 2 is 0.900 bits per heavy atom. The van der Waals surface area contributed by atoms with Gasteiger partial charge in [0, 0.05) is 0 Å². The molecule has 2 aliphatic heterocycles. The molecule has 4 aliphatic rings. The van der Waals surface area contributed by atoms with E-state index in [2.05, 4.69) is 78.0 Å². The van der Waals surface area contributed by atoms with Gasteiger partial charge in [-0.2, -0.15) is 0 Å². The Morgan fingerprint density at radius 3 is 1.26 bits per heavy atom. The van der Waals surface area contributed by atoms with Crippen LogP contribution in [0.3, 0.4) is 0 Å². The maximum Gasteiger partial charge on any atom is 0.238 e. The number of amides is 4. The number of imide groups is 2. The smallest absolute Gasteiger partial charge is 0.238 e. The lowest BCUT2D eigenvalue weighted by Gasteiger charge is -2.21. The molecule has 4 unspecified atom stereocenters. The summed E-state index contributed by atoms with van der Waals surface area (Å²) in [4.78, 5) is 56.8. The highest BCUT2D eigenvalue weighted by atomic mass is 16.2. The standard InChI is InChI=1S/C44H56N2O4/c1-29(2)11-7-13-31(5)15-9-17-33-19-25-37-39(27-33)43(49)45(41(37)47)35-21-23-36(24-22-35)46-42(48)38-26-20-34(28-40(38)44(46)50)18-10-16-32(6)14-8-12-30(3)4/h11-12,15-16,19-24,37-40H,7-10,13-14,17-18,25-28H2,1-6H3/b31-15+,32-16+. The Balaban J connectivity index is 1.15. The first-order valence-corrected chi connectivity index (χ1v) is 18.7. The van der Waals surface area contributed by atoms with E-state index in [-0.39, 0.29) is 47.3 Å². The van der Waals surface area contributed by atoms with Crippen molar-refractivity contribution in [3.05, 3.63) is 94.2 Å². The van der Waals surface area contributed by atoms with E-state index in [1.807, 2.05) is 0 Å². The molecule has 1 aromatic carbocycles. The van der Waals surface area contributed by atoms with Crippen LogP contribution < -0.4 is 9.80 Å². The summed E-state index contributed by atoms with van der Waals surface area (Å²) in [5.74, 6) is -1.95. The Hall–Kier alpha value is -4.06. The SMILES string of the molecule is CC(C)=CCC/C(C)=C/CCC1=CCC2C(=O)N(c3ccc(N4C(=O)C5CC=C(CC/C=C(\C)CCC=C(C)C)CC5C4=O)cc3)C(=O)C2C1. The number of nitrogens with zero attached hydrogens (tertiary/aromatic N) is 2. The first-order chi connectivity index (χ1) is 23.9. The average Bonchev–Trinajstić information content (AvgIpc) is 3.47. The number of fused-ring (bicyclic) bond motifs is 2. The summed E-state index contributed by atoms with van der Waals surface area (Å²) < 4.78 is 0. The molecule has 0 spiro atoms. The van der Waals surface area contributed by atoms with Gasteiger partial charge in [0.2, 0.25) is 23.6 Å². The summed E-state index contributed by atoms with van der Waals surface area (Å²) in [6.45, 7) is 12.9. The van der Waals surface area contributed by atoms with Crippen molar-refractivity contribution in [3.63, 3.8) is 0 Å². The summed E-state index contributed by atoms with van der Waals surface area (Å²) in [7, 11) is 0. The zero-order valence-corrected chi connectivity index (χ0v) is 31.1. The Kier molecular flexibility index (Phi) is 12.5.